The van der Waals surface area contributed by atoms with Gasteiger partial charge in [0.05, 0.1) is 17.6 Å². The number of aromatic carboxylic acids is 1. The van der Waals surface area contributed by atoms with Gasteiger partial charge in [-0.2, -0.15) is 14.9 Å². The molecule has 0 radical (unpaired) electrons. The third kappa shape index (κ3) is 3.28. The Morgan fingerprint density at radius 1 is 1.39 bits per heavy atom. The molecule has 3 N–H and O–H groups in total. The maximum absolute atomic E-state index is 14.0. The van der Waals surface area contributed by atoms with Crippen LogP contribution in [0.4, 0.5) is 4.39 Å². The molecule has 0 spiro atoms. The van der Waals surface area contributed by atoms with Crippen molar-refractivity contribution in [3.8, 4) is 5.69 Å². The molecule has 1 aromatic heterocycles. The van der Waals surface area contributed by atoms with Crippen molar-refractivity contribution in [2.45, 2.75) is 0 Å². The molecule has 1 aromatic carbocycles. The van der Waals surface area contributed by atoms with E-state index in [-0.39, 0.29) is 22.7 Å². The van der Waals surface area contributed by atoms with Crippen LogP contribution in [-0.2, 0) is 0 Å². The number of hydrazone groups is 1. The number of halogens is 1. The molecule has 23 heavy (non-hydrogen) atoms. The molecule has 0 aliphatic rings. The molecule has 0 atom stereocenters. The second-order valence-electron chi connectivity index (χ2n) is 4.32. The maximum Gasteiger partial charge on any atom is 0.356 e. The van der Waals surface area contributed by atoms with E-state index in [4.69, 9.17) is 10.9 Å². The van der Waals surface area contributed by atoms with Crippen LogP contribution in [0, 0.1) is 5.82 Å². The minimum atomic E-state index is -1.29. The van der Waals surface area contributed by atoms with Crippen LogP contribution in [0.5, 0.6) is 0 Å². The molecular formula is C14H12FN5O3. The number of aliphatic imine (C=N–C) groups is 1. The zero-order valence-electron chi connectivity index (χ0n) is 12.0. The molecular weight excluding hydrogens is 305 g/mol. The zero-order chi connectivity index (χ0) is 17.0. The number of carbonyl (C=O) groups is 1. The Morgan fingerprint density at radius 3 is 2.74 bits per heavy atom. The summed E-state index contributed by atoms with van der Waals surface area (Å²) in [6.45, 7) is 0. The highest BCUT2D eigenvalue weighted by Gasteiger charge is 2.13. The molecule has 0 unspecified atom stereocenters. The average Bonchev–Trinajstić information content (AvgIpc) is 2.54. The molecule has 0 saturated heterocycles. The van der Waals surface area contributed by atoms with E-state index < -0.39 is 17.3 Å². The first-order valence-corrected chi connectivity index (χ1v) is 6.32. The number of carboxylic acids is 1. The van der Waals surface area contributed by atoms with Gasteiger partial charge in [0.1, 0.15) is 5.82 Å². The van der Waals surface area contributed by atoms with Gasteiger partial charge >= 0.3 is 5.97 Å². The molecule has 0 saturated carbocycles. The first-order chi connectivity index (χ1) is 11.0. The fraction of sp³-hybridized carbons (Fsp3) is 0.0714. The summed E-state index contributed by atoms with van der Waals surface area (Å²) >= 11 is 0. The number of carboxylic acid groups (broad SMARTS) is 1. The summed E-state index contributed by atoms with van der Waals surface area (Å²) in [5, 5.41) is 16.0. The summed E-state index contributed by atoms with van der Waals surface area (Å²) in [5.74, 6) is 3.17. The third-order valence-corrected chi connectivity index (χ3v) is 2.93. The molecule has 9 heteroatoms. The van der Waals surface area contributed by atoms with E-state index in [1.165, 1.54) is 19.2 Å². The van der Waals surface area contributed by atoms with Crippen molar-refractivity contribution in [2.75, 3.05) is 7.05 Å². The molecule has 2 aromatic rings. The molecule has 0 aliphatic heterocycles. The number of hydrogen-bond donors (Lipinski definition) is 2. The summed E-state index contributed by atoms with van der Waals surface area (Å²) in [6.07, 6.45) is 1.16. The van der Waals surface area contributed by atoms with Gasteiger partial charge in [-0.25, -0.2) is 9.18 Å². The Hall–Kier alpha value is -3.36. The van der Waals surface area contributed by atoms with Crippen molar-refractivity contribution in [2.24, 2.45) is 15.9 Å². The molecule has 118 valence electrons. The topological polar surface area (TPSA) is 123 Å². The van der Waals surface area contributed by atoms with Crippen LogP contribution >= 0.6 is 0 Å². The third-order valence-electron chi connectivity index (χ3n) is 2.93. The van der Waals surface area contributed by atoms with Gasteiger partial charge in [-0.3, -0.25) is 9.79 Å². The van der Waals surface area contributed by atoms with Crippen LogP contribution in [0.3, 0.4) is 0 Å². The van der Waals surface area contributed by atoms with Crippen LogP contribution < -0.4 is 11.4 Å². The standard InChI is InChI=1S/C14H12FN5O3/c1-17-12(7-18-16)9-6-8(2-3-10(9)15)20-13(21)5-4-11(19-20)14(22)23/h2-7H,16H2,1H3,(H,22,23). The van der Waals surface area contributed by atoms with E-state index >= 15 is 0 Å². The molecule has 8 nitrogen and oxygen atoms in total. The van der Waals surface area contributed by atoms with Gasteiger partial charge in [-0.1, -0.05) is 0 Å². The number of nitrogens with two attached hydrogens (primary N) is 1. The van der Waals surface area contributed by atoms with Crippen LogP contribution in [0.1, 0.15) is 16.1 Å². The lowest BCUT2D eigenvalue weighted by Gasteiger charge is -2.08. The number of aromatic nitrogens is 2. The Kier molecular flexibility index (Phi) is 4.60. The molecule has 1 heterocycles. The minimum absolute atomic E-state index is 0.0497. The summed E-state index contributed by atoms with van der Waals surface area (Å²) in [4.78, 5) is 26.7. The van der Waals surface area contributed by atoms with Crippen molar-refractivity contribution >= 4 is 17.9 Å². The molecule has 0 amide bonds. The minimum Gasteiger partial charge on any atom is -0.476 e. The van der Waals surface area contributed by atoms with Crippen molar-refractivity contribution in [3.63, 3.8) is 0 Å². The first kappa shape index (κ1) is 16.0. The van der Waals surface area contributed by atoms with E-state index in [9.17, 15) is 14.0 Å². The van der Waals surface area contributed by atoms with E-state index in [1.54, 1.807) is 0 Å². The number of benzene rings is 1. The molecule has 0 fully saturated rings. The van der Waals surface area contributed by atoms with Crippen LogP contribution in [-0.4, -0.2) is 39.8 Å². The number of nitrogens with zero attached hydrogens (tertiary/aromatic N) is 4. The second kappa shape index (κ2) is 6.60. The predicted molar refractivity (Wildman–Crippen MR) is 81.9 cm³/mol. The molecule has 2 rings (SSSR count). The highest BCUT2D eigenvalue weighted by Crippen LogP contribution is 2.13. The largest absolute Gasteiger partial charge is 0.476 e. The predicted octanol–water partition coefficient (Wildman–Crippen LogP) is 0.433. The van der Waals surface area contributed by atoms with Crippen LogP contribution in [0.25, 0.3) is 5.69 Å². The highest BCUT2D eigenvalue weighted by atomic mass is 19.1. The zero-order valence-corrected chi connectivity index (χ0v) is 12.0. The number of rotatable bonds is 4. The van der Waals surface area contributed by atoms with Gasteiger partial charge in [0.15, 0.2) is 5.69 Å². The maximum atomic E-state index is 14.0. The average molecular weight is 317 g/mol. The van der Waals surface area contributed by atoms with Gasteiger partial charge in [-0.15, -0.1) is 0 Å². The van der Waals surface area contributed by atoms with Gasteiger partial charge < -0.3 is 10.9 Å². The van der Waals surface area contributed by atoms with E-state index in [0.29, 0.717) is 0 Å². The monoisotopic (exact) mass is 317 g/mol. The smallest absolute Gasteiger partial charge is 0.356 e. The van der Waals surface area contributed by atoms with Gasteiger partial charge in [-0.05, 0) is 24.3 Å². The Balaban J connectivity index is 2.65. The Bertz CT molecular complexity index is 873. The lowest BCUT2D eigenvalue weighted by molar-refractivity contribution is 0.0688. The quantitative estimate of drug-likeness (QED) is 0.481. The molecule has 0 aliphatic carbocycles. The lowest BCUT2D eigenvalue weighted by atomic mass is 10.1. The normalized spacial score (nSPS) is 11.8. The van der Waals surface area contributed by atoms with E-state index in [1.807, 2.05) is 0 Å². The summed E-state index contributed by atoms with van der Waals surface area (Å²) < 4.78 is 14.8. The summed E-state index contributed by atoms with van der Waals surface area (Å²) in [5.41, 5.74) is -0.484. The summed E-state index contributed by atoms with van der Waals surface area (Å²) in [7, 11) is 1.43. The van der Waals surface area contributed by atoms with Crippen molar-refractivity contribution < 1.29 is 14.3 Å². The Morgan fingerprint density at radius 2 is 2.13 bits per heavy atom. The second-order valence-corrected chi connectivity index (χ2v) is 4.32. The first-order valence-electron chi connectivity index (χ1n) is 6.32. The van der Waals surface area contributed by atoms with Crippen LogP contribution in [0.2, 0.25) is 0 Å². The SMILES string of the molecule is CN=C(C=NN)c1cc(-n2nc(C(=O)O)ccc2=O)ccc1F. The van der Waals surface area contributed by atoms with Crippen molar-refractivity contribution in [1.82, 2.24) is 9.78 Å². The fourth-order valence-corrected chi connectivity index (χ4v) is 1.87. The van der Waals surface area contributed by atoms with Gasteiger partial charge in [0, 0.05) is 18.7 Å². The van der Waals surface area contributed by atoms with Crippen LogP contribution in [0.15, 0.2) is 45.2 Å². The highest BCUT2D eigenvalue weighted by molar-refractivity contribution is 6.38. The van der Waals surface area contributed by atoms with Gasteiger partial charge in [0.2, 0.25) is 0 Å². The summed E-state index contributed by atoms with van der Waals surface area (Å²) in [6, 6.07) is 5.87. The van der Waals surface area contributed by atoms with E-state index in [0.717, 1.165) is 29.1 Å². The Labute approximate surface area is 129 Å². The molecule has 0 bridgehead atoms. The van der Waals surface area contributed by atoms with Gasteiger partial charge in [0.25, 0.3) is 5.56 Å². The van der Waals surface area contributed by atoms with E-state index in [2.05, 4.69) is 15.2 Å². The van der Waals surface area contributed by atoms with Crippen molar-refractivity contribution in [3.05, 3.63) is 57.8 Å². The lowest BCUT2D eigenvalue weighted by Crippen LogP contribution is -2.23. The van der Waals surface area contributed by atoms with Crippen molar-refractivity contribution in [1.29, 1.82) is 0 Å². The fourth-order valence-electron chi connectivity index (χ4n) is 1.87. The number of hydrogen-bond acceptors (Lipinski definition) is 6.